The third-order valence-corrected chi connectivity index (χ3v) is 6.56. The van der Waals surface area contributed by atoms with Gasteiger partial charge in [0.05, 0.1) is 4.91 Å². The van der Waals surface area contributed by atoms with E-state index in [1.54, 1.807) is 0 Å². The SMILES string of the molecule is Cc1cc(/C=C2\SC(=O)N(CCCc3ccccc3)C2=O)c(C)n1-c1ccc(Cl)cc1. The van der Waals surface area contributed by atoms with Crippen LogP contribution in [0.15, 0.2) is 65.6 Å². The van der Waals surface area contributed by atoms with Gasteiger partial charge in [0.2, 0.25) is 0 Å². The molecule has 6 heteroatoms. The molecule has 1 aliphatic heterocycles. The highest BCUT2D eigenvalue weighted by atomic mass is 35.5. The molecule has 1 fully saturated rings. The van der Waals surface area contributed by atoms with E-state index in [1.165, 1.54) is 10.5 Å². The number of carbonyl (C=O) groups is 2. The fourth-order valence-electron chi connectivity index (χ4n) is 3.84. The van der Waals surface area contributed by atoms with Gasteiger partial charge in [0.1, 0.15) is 0 Å². The summed E-state index contributed by atoms with van der Waals surface area (Å²) in [7, 11) is 0. The number of nitrogens with zero attached hydrogens (tertiary/aromatic N) is 2. The van der Waals surface area contributed by atoms with E-state index < -0.39 is 0 Å². The van der Waals surface area contributed by atoms with Crippen LogP contribution >= 0.6 is 23.4 Å². The third kappa shape index (κ3) is 4.63. The summed E-state index contributed by atoms with van der Waals surface area (Å²) >= 11 is 7.03. The number of aryl methyl sites for hydroxylation is 2. The molecule has 1 saturated heterocycles. The number of amides is 2. The molecule has 0 atom stereocenters. The smallest absolute Gasteiger partial charge is 0.293 e. The van der Waals surface area contributed by atoms with Crippen LogP contribution in [-0.2, 0) is 11.2 Å². The largest absolute Gasteiger partial charge is 0.318 e. The van der Waals surface area contributed by atoms with E-state index in [1.807, 2.05) is 68.5 Å². The second-order valence-corrected chi connectivity index (χ2v) is 8.99. The fraction of sp³-hybridized carbons (Fsp3) is 0.200. The van der Waals surface area contributed by atoms with Gasteiger partial charge < -0.3 is 4.57 Å². The quantitative estimate of drug-likeness (QED) is 0.407. The first-order valence-corrected chi connectivity index (χ1v) is 11.4. The summed E-state index contributed by atoms with van der Waals surface area (Å²) in [5, 5.41) is 0.489. The number of carbonyl (C=O) groups excluding carboxylic acids is 2. The number of imide groups is 1. The molecule has 0 unspecified atom stereocenters. The molecule has 158 valence electrons. The van der Waals surface area contributed by atoms with Gasteiger partial charge in [0, 0.05) is 28.6 Å². The summed E-state index contributed by atoms with van der Waals surface area (Å²) in [4.78, 5) is 27.1. The Bertz CT molecular complexity index is 1150. The van der Waals surface area contributed by atoms with Crippen LogP contribution < -0.4 is 0 Å². The van der Waals surface area contributed by atoms with Gasteiger partial charge in [-0.25, -0.2) is 0 Å². The molecule has 4 nitrogen and oxygen atoms in total. The fourth-order valence-corrected chi connectivity index (χ4v) is 4.82. The highest BCUT2D eigenvalue weighted by Crippen LogP contribution is 2.34. The van der Waals surface area contributed by atoms with Crippen molar-refractivity contribution in [3.8, 4) is 5.69 Å². The van der Waals surface area contributed by atoms with Crippen LogP contribution in [0.2, 0.25) is 5.02 Å². The van der Waals surface area contributed by atoms with Gasteiger partial charge in [0.25, 0.3) is 11.1 Å². The van der Waals surface area contributed by atoms with Crippen LogP contribution in [0.1, 0.15) is 28.9 Å². The zero-order valence-electron chi connectivity index (χ0n) is 17.5. The molecule has 4 rings (SSSR count). The van der Waals surface area contributed by atoms with Gasteiger partial charge in [-0.15, -0.1) is 0 Å². The van der Waals surface area contributed by atoms with Crippen molar-refractivity contribution in [2.45, 2.75) is 26.7 Å². The lowest BCUT2D eigenvalue weighted by molar-refractivity contribution is -0.122. The Morgan fingerprint density at radius 1 is 1.00 bits per heavy atom. The molecule has 0 radical (unpaired) electrons. The van der Waals surface area contributed by atoms with Crippen LogP contribution in [0.25, 0.3) is 11.8 Å². The summed E-state index contributed by atoms with van der Waals surface area (Å²) < 4.78 is 2.12. The molecule has 2 amide bonds. The van der Waals surface area contributed by atoms with Crippen molar-refractivity contribution in [1.29, 1.82) is 0 Å². The van der Waals surface area contributed by atoms with Crippen molar-refractivity contribution in [2.24, 2.45) is 0 Å². The molecule has 0 aliphatic carbocycles. The minimum absolute atomic E-state index is 0.198. The molecule has 0 N–H and O–H groups in total. The Labute approximate surface area is 191 Å². The lowest BCUT2D eigenvalue weighted by Gasteiger charge is -2.12. The maximum absolute atomic E-state index is 12.9. The molecule has 0 saturated carbocycles. The van der Waals surface area contributed by atoms with E-state index in [2.05, 4.69) is 16.7 Å². The summed E-state index contributed by atoms with van der Waals surface area (Å²) in [6.07, 6.45) is 3.42. The first kappa shape index (κ1) is 21.5. The Morgan fingerprint density at radius 3 is 2.42 bits per heavy atom. The molecule has 1 aromatic heterocycles. The maximum Gasteiger partial charge on any atom is 0.293 e. The zero-order valence-corrected chi connectivity index (χ0v) is 19.0. The standard InChI is InChI=1S/C25H23ClN2O2S/c1-17-15-20(18(2)28(17)22-12-10-21(26)11-13-22)16-23-24(29)27(25(30)31-23)14-6-9-19-7-4-3-5-8-19/h3-5,7-8,10-13,15-16H,6,9,14H2,1-2H3/b23-16-. The summed E-state index contributed by atoms with van der Waals surface area (Å²) in [6.45, 7) is 4.46. The second kappa shape index (κ2) is 9.16. The molecule has 0 bridgehead atoms. The van der Waals surface area contributed by atoms with E-state index in [9.17, 15) is 9.59 Å². The highest BCUT2D eigenvalue weighted by molar-refractivity contribution is 8.18. The number of hydrogen-bond donors (Lipinski definition) is 0. The van der Waals surface area contributed by atoms with Crippen LogP contribution in [-0.4, -0.2) is 27.2 Å². The van der Waals surface area contributed by atoms with Crippen molar-refractivity contribution in [3.05, 3.63) is 93.1 Å². The van der Waals surface area contributed by atoms with Gasteiger partial charge in [-0.3, -0.25) is 14.5 Å². The average Bonchev–Trinajstić information content (AvgIpc) is 3.19. The Hall–Kier alpha value is -2.76. The monoisotopic (exact) mass is 450 g/mol. The molecule has 0 spiro atoms. The molecule has 31 heavy (non-hydrogen) atoms. The third-order valence-electron chi connectivity index (χ3n) is 5.41. The van der Waals surface area contributed by atoms with E-state index in [4.69, 9.17) is 11.6 Å². The number of thioether (sulfide) groups is 1. The van der Waals surface area contributed by atoms with Crippen LogP contribution in [0.5, 0.6) is 0 Å². The van der Waals surface area contributed by atoms with Gasteiger partial charge in [-0.05, 0) is 86.0 Å². The van der Waals surface area contributed by atoms with E-state index in [0.717, 1.165) is 47.2 Å². The number of hydrogen-bond acceptors (Lipinski definition) is 3. The van der Waals surface area contributed by atoms with Crippen LogP contribution in [0.4, 0.5) is 4.79 Å². The normalized spacial score (nSPS) is 15.3. The average molecular weight is 451 g/mol. The lowest BCUT2D eigenvalue weighted by Crippen LogP contribution is -2.29. The summed E-state index contributed by atoms with van der Waals surface area (Å²) in [6, 6.07) is 19.8. The summed E-state index contributed by atoms with van der Waals surface area (Å²) in [5.41, 5.74) is 5.21. The number of halogens is 1. The number of aromatic nitrogens is 1. The highest BCUT2D eigenvalue weighted by Gasteiger charge is 2.34. The Balaban J connectivity index is 1.50. The molecule has 3 aromatic rings. The van der Waals surface area contributed by atoms with E-state index >= 15 is 0 Å². The molecule has 2 aromatic carbocycles. The topological polar surface area (TPSA) is 42.3 Å². The van der Waals surface area contributed by atoms with Crippen molar-refractivity contribution < 1.29 is 9.59 Å². The lowest BCUT2D eigenvalue weighted by atomic mass is 10.1. The first-order chi connectivity index (χ1) is 14.9. The Kier molecular flexibility index (Phi) is 6.35. The van der Waals surface area contributed by atoms with Crippen molar-refractivity contribution in [3.63, 3.8) is 0 Å². The van der Waals surface area contributed by atoms with Crippen LogP contribution in [0.3, 0.4) is 0 Å². The van der Waals surface area contributed by atoms with Crippen molar-refractivity contribution >= 4 is 40.6 Å². The van der Waals surface area contributed by atoms with Crippen LogP contribution in [0, 0.1) is 13.8 Å². The predicted molar refractivity (Wildman–Crippen MR) is 128 cm³/mol. The molecular formula is C25H23ClN2O2S. The first-order valence-electron chi connectivity index (χ1n) is 10.2. The van der Waals surface area contributed by atoms with Gasteiger partial charge in [-0.1, -0.05) is 41.9 Å². The minimum atomic E-state index is -0.209. The minimum Gasteiger partial charge on any atom is -0.318 e. The van der Waals surface area contributed by atoms with E-state index in [0.29, 0.717) is 16.5 Å². The molecular weight excluding hydrogens is 428 g/mol. The molecule has 1 aliphatic rings. The number of rotatable bonds is 6. The maximum atomic E-state index is 12.9. The zero-order chi connectivity index (χ0) is 22.0. The van der Waals surface area contributed by atoms with Crippen molar-refractivity contribution in [2.75, 3.05) is 6.54 Å². The number of benzene rings is 2. The predicted octanol–water partition coefficient (Wildman–Crippen LogP) is 6.42. The van der Waals surface area contributed by atoms with Gasteiger partial charge in [0.15, 0.2) is 0 Å². The Morgan fingerprint density at radius 2 is 1.71 bits per heavy atom. The van der Waals surface area contributed by atoms with Crippen molar-refractivity contribution in [1.82, 2.24) is 9.47 Å². The summed E-state index contributed by atoms with van der Waals surface area (Å²) in [5.74, 6) is -0.209. The molecule has 2 heterocycles. The van der Waals surface area contributed by atoms with E-state index in [-0.39, 0.29) is 11.1 Å². The second-order valence-electron chi connectivity index (χ2n) is 7.56. The van der Waals surface area contributed by atoms with Gasteiger partial charge in [-0.2, -0.15) is 0 Å². The van der Waals surface area contributed by atoms with Gasteiger partial charge >= 0.3 is 0 Å².